The summed E-state index contributed by atoms with van der Waals surface area (Å²) in [6.45, 7) is 2.78. The van der Waals surface area contributed by atoms with Crippen LogP contribution >= 0.6 is 0 Å². The molecule has 1 N–H and O–H groups in total. The van der Waals surface area contributed by atoms with Crippen molar-refractivity contribution in [3.8, 4) is 0 Å². The van der Waals surface area contributed by atoms with E-state index in [-0.39, 0.29) is 0 Å². The van der Waals surface area contributed by atoms with E-state index in [2.05, 4.69) is 24.3 Å². The summed E-state index contributed by atoms with van der Waals surface area (Å²) in [6, 6.07) is 0.544. The third kappa shape index (κ3) is 4.10. The molecule has 0 radical (unpaired) electrons. The van der Waals surface area contributed by atoms with Gasteiger partial charge in [0.25, 0.3) is 0 Å². The maximum absolute atomic E-state index is 11.9. The minimum Gasteiger partial charge on any atom is -0.341 e. The fourth-order valence-electron chi connectivity index (χ4n) is 2.18. The Morgan fingerprint density at radius 2 is 2.25 bits per heavy atom. The molecule has 0 spiro atoms. The number of piperidine rings is 1. The van der Waals surface area contributed by atoms with Crippen LogP contribution in [0, 0.1) is 0 Å². The number of amides is 1. The second-order valence-corrected chi connectivity index (χ2v) is 4.81. The molecule has 1 aliphatic rings. The van der Waals surface area contributed by atoms with Crippen LogP contribution in [-0.2, 0) is 4.79 Å². The highest BCUT2D eigenvalue weighted by molar-refractivity contribution is 5.76. The van der Waals surface area contributed by atoms with E-state index in [4.69, 9.17) is 0 Å². The number of carbonyl (C=O) groups is 1. The average molecular weight is 227 g/mol. The summed E-state index contributed by atoms with van der Waals surface area (Å²) in [6.07, 6.45) is 3.98. The molecule has 0 aromatic carbocycles. The molecule has 94 valence electrons. The molecule has 4 heteroatoms. The van der Waals surface area contributed by atoms with E-state index in [0.717, 1.165) is 32.5 Å². The van der Waals surface area contributed by atoms with Crippen molar-refractivity contribution in [2.75, 3.05) is 40.8 Å². The van der Waals surface area contributed by atoms with Gasteiger partial charge in [-0.1, -0.05) is 0 Å². The highest BCUT2D eigenvalue weighted by Crippen LogP contribution is 2.14. The first kappa shape index (κ1) is 13.5. The van der Waals surface area contributed by atoms with Gasteiger partial charge in [-0.15, -0.1) is 0 Å². The Balaban J connectivity index is 2.32. The van der Waals surface area contributed by atoms with Crippen LogP contribution in [0.25, 0.3) is 0 Å². The van der Waals surface area contributed by atoms with Crippen LogP contribution in [0.5, 0.6) is 0 Å². The van der Waals surface area contributed by atoms with Crippen LogP contribution in [0.1, 0.15) is 25.7 Å². The van der Waals surface area contributed by atoms with Gasteiger partial charge in [-0.25, -0.2) is 0 Å². The van der Waals surface area contributed by atoms with Crippen LogP contribution in [0.3, 0.4) is 0 Å². The molecule has 4 nitrogen and oxygen atoms in total. The molecule has 1 amide bonds. The number of hydrogen-bond donors (Lipinski definition) is 1. The zero-order chi connectivity index (χ0) is 12.0. The number of likely N-dealkylation sites (N-methyl/N-ethyl adjacent to an activating group) is 1. The second-order valence-electron chi connectivity index (χ2n) is 4.81. The molecule has 16 heavy (non-hydrogen) atoms. The second kappa shape index (κ2) is 6.86. The fraction of sp³-hybridized carbons (Fsp3) is 0.917. The summed E-state index contributed by atoms with van der Waals surface area (Å²) in [5, 5.41) is 3.07. The maximum Gasteiger partial charge on any atom is 0.222 e. The summed E-state index contributed by atoms with van der Waals surface area (Å²) >= 11 is 0. The molecule has 1 rings (SSSR count). The predicted molar refractivity (Wildman–Crippen MR) is 66.4 cm³/mol. The summed E-state index contributed by atoms with van der Waals surface area (Å²) in [4.78, 5) is 16.2. The van der Waals surface area contributed by atoms with E-state index >= 15 is 0 Å². The zero-order valence-corrected chi connectivity index (χ0v) is 10.8. The van der Waals surface area contributed by atoms with E-state index in [9.17, 15) is 4.79 Å². The van der Waals surface area contributed by atoms with Crippen molar-refractivity contribution in [3.05, 3.63) is 0 Å². The summed E-state index contributed by atoms with van der Waals surface area (Å²) in [5.41, 5.74) is 0. The minimum atomic E-state index is 0.321. The van der Waals surface area contributed by atoms with E-state index in [0.29, 0.717) is 18.4 Å². The third-order valence-corrected chi connectivity index (χ3v) is 3.30. The molecule has 0 aromatic rings. The van der Waals surface area contributed by atoms with Gasteiger partial charge in [-0.2, -0.15) is 0 Å². The first-order chi connectivity index (χ1) is 7.65. The first-order valence-electron chi connectivity index (χ1n) is 6.24. The minimum absolute atomic E-state index is 0.321. The number of rotatable bonds is 5. The normalized spacial score (nSPS) is 21.5. The van der Waals surface area contributed by atoms with E-state index in [1.807, 2.05) is 11.9 Å². The standard InChI is InChI=1S/C12H25N3O/c1-13-8-4-7-12(16)15-9-5-6-11(10-15)14(2)3/h11,13H,4-10H2,1-3H3. The van der Waals surface area contributed by atoms with Crippen molar-refractivity contribution in [1.82, 2.24) is 15.1 Å². The Bertz CT molecular complexity index is 218. The lowest BCUT2D eigenvalue weighted by Gasteiger charge is -2.36. The average Bonchev–Trinajstić information content (AvgIpc) is 2.29. The number of nitrogens with one attached hydrogen (secondary N) is 1. The van der Waals surface area contributed by atoms with Crippen molar-refractivity contribution in [2.45, 2.75) is 31.7 Å². The van der Waals surface area contributed by atoms with E-state index in [1.165, 1.54) is 6.42 Å². The highest BCUT2D eigenvalue weighted by Gasteiger charge is 2.24. The van der Waals surface area contributed by atoms with Crippen molar-refractivity contribution in [1.29, 1.82) is 0 Å². The van der Waals surface area contributed by atoms with Crippen LogP contribution in [0.4, 0.5) is 0 Å². The molecule has 1 heterocycles. The van der Waals surface area contributed by atoms with Gasteiger partial charge in [0.2, 0.25) is 5.91 Å². The van der Waals surface area contributed by atoms with Gasteiger partial charge in [-0.05, 0) is 47.0 Å². The van der Waals surface area contributed by atoms with Gasteiger partial charge in [0.15, 0.2) is 0 Å². The Morgan fingerprint density at radius 1 is 1.50 bits per heavy atom. The van der Waals surface area contributed by atoms with Crippen LogP contribution in [0.15, 0.2) is 0 Å². The Hall–Kier alpha value is -0.610. The lowest BCUT2D eigenvalue weighted by Crippen LogP contribution is -2.47. The van der Waals surface area contributed by atoms with Crippen molar-refractivity contribution in [2.24, 2.45) is 0 Å². The smallest absolute Gasteiger partial charge is 0.222 e. The largest absolute Gasteiger partial charge is 0.341 e. The summed E-state index contributed by atoms with van der Waals surface area (Å²) < 4.78 is 0. The van der Waals surface area contributed by atoms with Crippen LogP contribution < -0.4 is 5.32 Å². The maximum atomic E-state index is 11.9. The molecule has 1 unspecified atom stereocenters. The monoisotopic (exact) mass is 227 g/mol. The van der Waals surface area contributed by atoms with Gasteiger partial charge < -0.3 is 15.1 Å². The summed E-state index contributed by atoms with van der Waals surface area (Å²) in [7, 11) is 6.12. The highest BCUT2D eigenvalue weighted by atomic mass is 16.2. The number of carbonyl (C=O) groups excluding carboxylic acids is 1. The van der Waals surface area contributed by atoms with Crippen LogP contribution in [-0.4, -0.2) is 62.5 Å². The Kier molecular flexibility index (Phi) is 5.77. The Morgan fingerprint density at radius 3 is 2.88 bits per heavy atom. The topological polar surface area (TPSA) is 35.6 Å². The number of nitrogens with zero attached hydrogens (tertiary/aromatic N) is 2. The molecule has 1 fully saturated rings. The zero-order valence-electron chi connectivity index (χ0n) is 10.8. The molecule has 0 aromatic heterocycles. The lowest BCUT2D eigenvalue weighted by molar-refractivity contribution is -0.133. The van der Waals surface area contributed by atoms with Crippen LogP contribution in [0.2, 0.25) is 0 Å². The Labute approximate surface area is 99.0 Å². The predicted octanol–water partition coefficient (Wildman–Crippen LogP) is 0.539. The molecule has 1 saturated heterocycles. The van der Waals surface area contributed by atoms with Gasteiger partial charge in [0, 0.05) is 25.6 Å². The van der Waals surface area contributed by atoms with E-state index < -0.39 is 0 Å². The number of hydrogen-bond acceptors (Lipinski definition) is 3. The van der Waals surface area contributed by atoms with Gasteiger partial charge in [0.1, 0.15) is 0 Å². The first-order valence-corrected chi connectivity index (χ1v) is 6.24. The summed E-state index contributed by atoms with van der Waals surface area (Å²) in [5.74, 6) is 0.321. The molecule has 0 saturated carbocycles. The molecular weight excluding hydrogens is 202 g/mol. The molecule has 1 aliphatic heterocycles. The molecule has 0 bridgehead atoms. The SMILES string of the molecule is CNCCCC(=O)N1CCCC(N(C)C)C1. The lowest BCUT2D eigenvalue weighted by atomic mass is 10.0. The molecular formula is C12H25N3O. The van der Waals surface area contributed by atoms with Gasteiger partial charge in [-0.3, -0.25) is 4.79 Å². The quantitative estimate of drug-likeness (QED) is 0.696. The van der Waals surface area contributed by atoms with Crippen molar-refractivity contribution >= 4 is 5.91 Å². The van der Waals surface area contributed by atoms with Crippen molar-refractivity contribution < 1.29 is 4.79 Å². The fourth-order valence-corrected chi connectivity index (χ4v) is 2.18. The van der Waals surface area contributed by atoms with E-state index in [1.54, 1.807) is 0 Å². The van der Waals surface area contributed by atoms with Gasteiger partial charge in [0.05, 0.1) is 0 Å². The number of likely N-dealkylation sites (tertiary alicyclic amines) is 1. The third-order valence-electron chi connectivity index (χ3n) is 3.30. The molecule has 0 aliphatic carbocycles. The molecule has 1 atom stereocenters. The van der Waals surface area contributed by atoms with Gasteiger partial charge >= 0.3 is 0 Å². The van der Waals surface area contributed by atoms with Crippen molar-refractivity contribution in [3.63, 3.8) is 0 Å².